The highest BCUT2D eigenvalue weighted by Crippen LogP contribution is 2.16. The minimum Gasteiger partial charge on any atom is -0.366 e. The summed E-state index contributed by atoms with van der Waals surface area (Å²) in [5, 5.41) is 3.60. The minimum atomic E-state index is 0.238. The minimum absolute atomic E-state index is 0.238. The van der Waals surface area contributed by atoms with E-state index in [0.29, 0.717) is 0 Å². The molecule has 16 heavy (non-hydrogen) atoms. The highest BCUT2D eigenvalue weighted by molar-refractivity contribution is 4.77. The summed E-state index contributed by atoms with van der Waals surface area (Å²) in [6.45, 7) is 13.9. The van der Waals surface area contributed by atoms with Crippen molar-refractivity contribution >= 4 is 0 Å². The molecule has 1 aliphatic rings. The first-order chi connectivity index (χ1) is 7.51. The van der Waals surface area contributed by atoms with Gasteiger partial charge in [-0.05, 0) is 53.0 Å². The van der Waals surface area contributed by atoms with E-state index in [4.69, 9.17) is 4.74 Å². The number of hydrogen-bond donors (Lipinski definition) is 1. The van der Waals surface area contributed by atoms with Crippen molar-refractivity contribution in [3.05, 3.63) is 0 Å². The van der Waals surface area contributed by atoms with E-state index in [1.54, 1.807) is 0 Å². The molecule has 0 aliphatic carbocycles. The Balaban J connectivity index is 2.22. The quantitative estimate of drug-likeness (QED) is 0.780. The number of hydrogen-bond acceptors (Lipinski definition) is 3. The van der Waals surface area contributed by atoms with Gasteiger partial charge in [0.25, 0.3) is 0 Å². The molecule has 1 aliphatic heterocycles. The fourth-order valence-electron chi connectivity index (χ4n) is 2.11. The standard InChI is InChI=1S/C13H28N2O/c1-5-16-11-15-8-6-7-12(10-15)9-14-13(2,3)4/h12,14H,5-11H2,1-4H3. The van der Waals surface area contributed by atoms with Gasteiger partial charge in [-0.2, -0.15) is 0 Å². The van der Waals surface area contributed by atoms with Crippen molar-refractivity contribution in [1.29, 1.82) is 0 Å². The van der Waals surface area contributed by atoms with Crippen LogP contribution in [0.2, 0.25) is 0 Å². The molecule has 0 aromatic carbocycles. The van der Waals surface area contributed by atoms with E-state index in [9.17, 15) is 0 Å². The number of rotatable bonds is 5. The van der Waals surface area contributed by atoms with Crippen molar-refractivity contribution in [2.75, 3.05) is 33.0 Å². The van der Waals surface area contributed by atoms with Gasteiger partial charge in [0.1, 0.15) is 0 Å². The third-order valence-corrected chi connectivity index (χ3v) is 3.00. The van der Waals surface area contributed by atoms with Gasteiger partial charge in [0.2, 0.25) is 0 Å². The molecule has 0 amide bonds. The zero-order valence-corrected chi connectivity index (χ0v) is 11.4. The molecular weight excluding hydrogens is 200 g/mol. The SMILES string of the molecule is CCOCN1CCCC(CNC(C)(C)C)C1. The smallest absolute Gasteiger partial charge is 0.0990 e. The second-order valence-corrected chi connectivity index (χ2v) is 5.84. The third-order valence-electron chi connectivity index (χ3n) is 3.00. The zero-order valence-electron chi connectivity index (χ0n) is 11.4. The average Bonchev–Trinajstić information content (AvgIpc) is 2.23. The Morgan fingerprint density at radius 1 is 1.38 bits per heavy atom. The molecule has 0 bridgehead atoms. The maximum absolute atomic E-state index is 5.47. The van der Waals surface area contributed by atoms with Crippen molar-refractivity contribution in [2.24, 2.45) is 5.92 Å². The Bertz CT molecular complexity index is 189. The van der Waals surface area contributed by atoms with Crippen LogP contribution in [0.25, 0.3) is 0 Å². The first kappa shape index (κ1) is 13.9. The van der Waals surface area contributed by atoms with E-state index in [1.165, 1.54) is 25.9 Å². The predicted molar refractivity (Wildman–Crippen MR) is 68.5 cm³/mol. The fraction of sp³-hybridized carbons (Fsp3) is 1.00. The Morgan fingerprint density at radius 2 is 2.12 bits per heavy atom. The lowest BCUT2D eigenvalue weighted by molar-refractivity contribution is 0.0116. The van der Waals surface area contributed by atoms with Gasteiger partial charge < -0.3 is 10.1 Å². The van der Waals surface area contributed by atoms with E-state index in [1.807, 2.05) is 0 Å². The van der Waals surface area contributed by atoms with Gasteiger partial charge in [-0.25, -0.2) is 0 Å². The van der Waals surface area contributed by atoms with Crippen molar-refractivity contribution in [3.63, 3.8) is 0 Å². The van der Waals surface area contributed by atoms with Gasteiger partial charge >= 0.3 is 0 Å². The van der Waals surface area contributed by atoms with Crippen molar-refractivity contribution in [1.82, 2.24) is 10.2 Å². The summed E-state index contributed by atoms with van der Waals surface area (Å²) in [5.41, 5.74) is 0.238. The van der Waals surface area contributed by atoms with E-state index >= 15 is 0 Å². The second kappa shape index (κ2) is 6.58. The lowest BCUT2D eigenvalue weighted by atomic mass is 9.97. The largest absolute Gasteiger partial charge is 0.366 e. The molecule has 1 rings (SSSR count). The molecule has 1 N–H and O–H groups in total. The molecule has 1 unspecified atom stereocenters. The first-order valence-corrected chi connectivity index (χ1v) is 6.56. The topological polar surface area (TPSA) is 24.5 Å². The monoisotopic (exact) mass is 228 g/mol. The van der Waals surface area contributed by atoms with Crippen LogP contribution in [0.3, 0.4) is 0 Å². The highest BCUT2D eigenvalue weighted by Gasteiger charge is 2.21. The molecule has 1 saturated heterocycles. The van der Waals surface area contributed by atoms with Crippen molar-refractivity contribution in [3.8, 4) is 0 Å². The zero-order chi connectivity index (χ0) is 12.0. The number of nitrogens with zero attached hydrogens (tertiary/aromatic N) is 1. The highest BCUT2D eigenvalue weighted by atomic mass is 16.5. The van der Waals surface area contributed by atoms with Gasteiger partial charge in [-0.15, -0.1) is 0 Å². The number of piperidine rings is 1. The summed E-state index contributed by atoms with van der Waals surface area (Å²) in [4.78, 5) is 2.43. The number of ether oxygens (including phenoxy) is 1. The first-order valence-electron chi connectivity index (χ1n) is 6.56. The average molecular weight is 228 g/mol. The molecular formula is C13H28N2O. The van der Waals surface area contributed by atoms with Crippen LogP contribution < -0.4 is 5.32 Å². The Kier molecular flexibility index (Phi) is 5.73. The van der Waals surface area contributed by atoms with Crippen LogP contribution in [0.15, 0.2) is 0 Å². The van der Waals surface area contributed by atoms with Crippen LogP contribution in [0.4, 0.5) is 0 Å². The Morgan fingerprint density at radius 3 is 2.75 bits per heavy atom. The molecule has 1 atom stereocenters. The van der Waals surface area contributed by atoms with Crippen LogP contribution >= 0.6 is 0 Å². The maximum atomic E-state index is 5.47. The normalized spacial score (nSPS) is 23.6. The summed E-state index contributed by atoms with van der Waals surface area (Å²) >= 11 is 0. The third kappa shape index (κ3) is 5.83. The van der Waals surface area contributed by atoms with E-state index in [0.717, 1.165) is 25.8 Å². The van der Waals surface area contributed by atoms with E-state index in [2.05, 4.69) is 37.9 Å². The summed E-state index contributed by atoms with van der Waals surface area (Å²) in [7, 11) is 0. The fourth-order valence-corrected chi connectivity index (χ4v) is 2.11. The number of likely N-dealkylation sites (tertiary alicyclic amines) is 1. The molecule has 96 valence electrons. The van der Waals surface area contributed by atoms with Crippen LogP contribution in [0, 0.1) is 5.92 Å². The van der Waals surface area contributed by atoms with Crippen LogP contribution in [0.1, 0.15) is 40.5 Å². The van der Waals surface area contributed by atoms with Gasteiger partial charge in [0, 0.05) is 25.2 Å². The maximum Gasteiger partial charge on any atom is 0.0990 e. The van der Waals surface area contributed by atoms with Crippen LogP contribution in [0.5, 0.6) is 0 Å². The molecule has 0 saturated carbocycles. The summed E-state index contributed by atoms with van der Waals surface area (Å²) in [6.07, 6.45) is 2.66. The molecule has 1 fully saturated rings. The van der Waals surface area contributed by atoms with Gasteiger partial charge in [-0.1, -0.05) is 0 Å². The summed E-state index contributed by atoms with van der Waals surface area (Å²) < 4.78 is 5.47. The van der Waals surface area contributed by atoms with E-state index < -0.39 is 0 Å². The van der Waals surface area contributed by atoms with Gasteiger partial charge in [-0.3, -0.25) is 4.90 Å². The predicted octanol–water partition coefficient (Wildman–Crippen LogP) is 2.08. The Hall–Kier alpha value is -0.120. The molecule has 0 spiro atoms. The summed E-state index contributed by atoms with van der Waals surface area (Å²) in [5.74, 6) is 0.786. The molecule has 1 heterocycles. The molecule has 0 aromatic rings. The lowest BCUT2D eigenvalue weighted by Gasteiger charge is -2.34. The van der Waals surface area contributed by atoms with Crippen LogP contribution in [-0.4, -0.2) is 43.4 Å². The molecule has 3 nitrogen and oxygen atoms in total. The van der Waals surface area contributed by atoms with Crippen molar-refractivity contribution in [2.45, 2.75) is 46.1 Å². The van der Waals surface area contributed by atoms with Gasteiger partial charge in [0.15, 0.2) is 0 Å². The lowest BCUT2D eigenvalue weighted by Crippen LogP contribution is -2.45. The van der Waals surface area contributed by atoms with Crippen LogP contribution in [-0.2, 0) is 4.74 Å². The summed E-state index contributed by atoms with van der Waals surface area (Å²) in [6, 6.07) is 0. The van der Waals surface area contributed by atoms with E-state index in [-0.39, 0.29) is 5.54 Å². The second-order valence-electron chi connectivity index (χ2n) is 5.84. The molecule has 3 heteroatoms. The van der Waals surface area contributed by atoms with Crippen molar-refractivity contribution < 1.29 is 4.74 Å². The molecule has 0 aromatic heterocycles. The van der Waals surface area contributed by atoms with Gasteiger partial charge in [0.05, 0.1) is 6.73 Å². The Labute approximate surface area is 101 Å². The molecule has 0 radical (unpaired) electrons. The number of nitrogens with one attached hydrogen (secondary N) is 1.